The summed E-state index contributed by atoms with van der Waals surface area (Å²) in [6.07, 6.45) is 1.89. The van der Waals surface area contributed by atoms with Gasteiger partial charge in [0.15, 0.2) is 6.04 Å². The van der Waals surface area contributed by atoms with E-state index in [1.54, 1.807) is 29.2 Å². The topological polar surface area (TPSA) is 114 Å². The zero-order valence-corrected chi connectivity index (χ0v) is 13.2. The number of hydrogen-bond acceptors (Lipinski definition) is 5. The Bertz CT molecular complexity index is 642. The quantitative estimate of drug-likeness (QED) is 0.613. The number of anilines is 2. The first kappa shape index (κ1) is 16.4. The number of hydrogen-bond donors (Lipinski definition) is 3. The van der Waals surface area contributed by atoms with Crippen LogP contribution in [0.15, 0.2) is 24.3 Å². The molecule has 2 fully saturated rings. The van der Waals surface area contributed by atoms with Gasteiger partial charge in [-0.3, -0.25) is 19.7 Å². The minimum absolute atomic E-state index is 0.0750. The third kappa shape index (κ3) is 3.90. The summed E-state index contributed by atoms with van der Waals surface area (Å²) in [5.41, 5.74) is 6.56. The number of carbonyl (C=O) groups is 3. The summed E-state index contributed by atoms with van der Waals surface area (Å²) in [4.78, 5) is 37.1. The van der Waals surface area contributed by atoms with Gasteiger partial charge in [-0.15, -0.1) is 0 Å². The first-order chi connectivity index (χ1) is 11.5. The molecule has 24 heavy (non-hydrogen) atoms. The summed E-state index contributed by atoms with van der Waals surface area (Å²) in [6.45, 7) is 1.07. The highest BCUT2D eigenvalue weighted by Crippen LogP contribution is 2.21. The highest BCUT2D eigenvalue weighted by atomic mass is 16.5. The molecule has 1 aromatic rings. The molecule has 0 spiro atoms. The van der Waals surface area contributed by atoms with Gasteiger partial charge in [0.2, 0.25) is 5.91 Å². The van der Waals surface area contributed by atoms with Crippen LogP contribution in [0.3, 0.4) is 0 Å². The molecule has 0 unspecified atom stereocenters. The van der Waals surface area contributed by atoms with E-state index in [1.807, 2.05) is 0 Å². The number of amides is 3. The van der Waals surface area contributed by atoms with E-state index in [4.69, 9.17) is 10.5 Å². The Balaban J connectivity index is 1.63. The summed E-state index contributed by atoms with van der Waals surface area (Å²) in [7, 11) is 0. The smallest absolute Gasteiger partial charge is 0.253 e. The zero-order chi connectivity index (χ0) is 17.1. The molecule has 1 heterocycles. The third-order valence-electron chi connectivity index (χ3n) is 3.96. The number of morpholine rings is 1. The summed E-state index contributed by atoms with van der Waals surface area (Å²) in [6, 6.07) is 6.00. The molecule has 1 aliphatic carbocycles. The van der Waals surface area contributed by atoms with Crippen molar-refractivity contribution >= 4 is 29.1 Å². The average molecular weight is 332 g/mol. The molecular formula is C16H20N4O4. The number of rotatable bonds is 6. The highest BCUT2D eigenvalue weighted by Gasteiger charge is 2.32. The third-order valence-corrected chi connectivity index (χ3v) is 3.96. The molecule has 1 saturated carbocycles. The van der Waals surface area contributed by atoms with Crippen molar-refractivity contribution in [1.29, 1.82) is 0 Å². The van der Waals surface area contributed by atoms with Gasteiger partial charge in [0.25, 0.3) is 11.8 Å². The van der Waals surface area contributed by atoms with Gasteiger partial charge in [-0.05, 0) is 37.1 Å². The monoisotopic (exact) mass is 332 g/mol. The molecule has 4 N–H and O–H groups in total. The van der Waals surface area contributed by atoms with Gasteiger partial charge in [-0.25, -0.2) is 0 Å². The van der Waals surface area contributed by atoms with Crippen LogP contribution in [0, 0.1) is 0 Å². The lowest BCUT2D eigenvalue weighted by atomic mass is 10.2. The predicted molar refractivity (Wildman–Crippen MR) is 87.4 cm³/mol. The SMILES string of the molecule is NC(=O)[C@H](NC1CC1)C(=O)Nc1ccc(N2CCOCC2=O)cc1. The van der Waals surface area contributed by atoms with Gasteiger partial charge >= 0.3 is 0 Å². The Morgan fingerprint density at radius 2 is 1.96 bits per heavy atom. The fraction of sp³-hybridized carbons (Fsp3) is 0.438. The highest BCUT2D eigenvalue weighted by molar-refractivity contribution is 6.09. The van der Waals surface area contributed by atoms with Crippen LogP contribution < -0.4 is 21.3 Å². The summed E-state index contributed by atoms with van der Waals surface area (Å²) in [5.74, 6) is -1.28. The fourth-order valence-electron chi connectivity index (χ4n) is 2.50. The van der Waals surface area contributed by atoms with E-state index < -0.39 is 17.9 Å². The molecule has 1 saturated heterocycles. The lowest BCUT2D eigenvalue weighted by Crippen LogP contribution is -2.50. The molecule has 1 aromatic carbocycles. The minimum atomic E-state index is -1.04. The molecule has 1 atom stereocenters. The van der Waals surface area contributed by atoms with Crippen molar-refractivity contribution in [3.63, 3.8) is 0 Å². The van der Waals surface area contributed by atoms with Crippen LogP contribution in [0.2, 0.25) is 0 Å². The fourth-order valence-corrected chi connectivity index (χ4v) is 2.50. The molecule has 128 valence electrons. The maximum atomic E-state index is 12.2. The summed E-state index contributed by atoms with van der Waals surface area (Å²) < 4.78 is 5.10. The van der Waals surface area contributed by atoms with Gasteiger partial charge in [0.05, 0.1) is 6.61 Å². The molecule has 3 amide bonds. The maximum Gasteiger partial charge on any atom is 0.253 e. The number of nitrogens with two attached hydrogens (primary N) is 1. The minimum Gasteiger partial charge on any atom is -0.370 e. The molecule has 2 aliphatic rings. The van der Waals surface area contributed by atoms with Crippen molar-refractivity contribution in [2.24, 2.45) is 5.73 Å². The van der Waals surface area contributed by atoms with Gasteiger partial charge < -0.3 is 20.7 Å². The molecule has 8 heteroatoms. The lowest BCUT2D eigenvalue weighted by Gasteiger charge is -2.27. The van der Waals surface area contributed by atoms with Crippen LogP contribution in [0.5, 0.6) is 0 Å². The largest absolute Gasteiger partial charge is 0.370 e. The second-order valence-corrected chi connectivity index (χ2v) is 5.91. The van der Waals surface area contributed by atoms with E-state index in [1.165, 1.54) is 0 Å². The lowest BCUT2D eigenvalue weighted by molar-refractivity contribution is -0.128. The van der Waals surface area contributed by atoms with Crippen LogP contribution in [-0.2, 0) is 19.1 Å². The van der Waals surface area contributed by atoms with Gasteiger partial charge in [-0.1, -0.05) is 0 Å². The van der Waals surface area contributed by atoms with Crippen molar-refractivity contribution in [3.05, 3.63) is 24.3 Å². The number of primary amides is 1. The second kappa shape index (κ2) is 6.98. The van der Waals surface area contributed by atoms with Crippen LogP contribution >= 0.6 is 0 Å². The molecule has 8 nitrogen and oxygen atoms in total. The van der Waals surface area contributed by atoms with Gasteiger partial charge in [0, 0.05) is 24.0 Å². The van der Waals surface area contributed by atoms with Crippen molar-refractivity contribution < 1.29 is 19.1 Å². The van der Waals surface area contributed by atoms with Crippen molar-refractivity contribution in [3.8, 4) is 0 Å². The van der Waals surface area contributed by atoms with E-state index in [9.17, 15) is 14.4 Å². The first-order valence-corrected chi connectivity index (χ1v) is 7.89. The van der Waals surface area contributed by atoms with Crippen molar-refractivity contribution in [2.45, 2.75) is 24.9 Å². The second-order valence-electron chi connectivity index (χ2n) is 5.91. The summed E-state index contributed by atoms with van der Waals surface area (Å²) in [5, 5.41) is 5.59. The van der Waals surface area contributed by atoms with Gasteiger partial charge in [-0.2, -0.15) is 0 Å². The zero-order valence-electron chi connectivity index (χ0n) is 13.2. The molecule has 0 radical (unpaired) electrons. The predicted octanol–water partition coefficient (Wildman–Crippen LogP) is -0.406. The van der Waals surface area contributed by atoms with Crippen LogP contribution in [-0.4, -0.2) is 49.6 Å². The Kier molecular flexibility index (Phi) is 4.77. The van der Waals surface area contributed by atoms with E-state index in [-0.39, 0.29) is 18.6 Å². The van der Waals surface area contributed by atoms with E-state index in [2.05, 4.69) is 10.6 Å². The van der Waals surface area contributed by atoms with Crippen molar-refractivity contribution in [2.75, 3.05) is 30.0 Å². The van der Waals surface area contributed by atoms with Crippen LogP contribution in [0.1, 0.15) is 12.8 Å². The number of benzene rings is 1. The average Bonchev–Trinajstić information content (AvgIpc) is 3.38. The van der Waals surface area contributed by atoms with E-state index in [0.29, 0.717) is 18.8 Å². The van der Waals surface area contributed by atoms with E-state index in [0.717, 1.165) is 18.5 Å². The first-order valence-electron chi connectivity index (χ1n) is 7.89. The van der Waals surface area contributed by atoms with Gasteiger partial charge in [0.1, 0.15) is 6.61 Å². The molecule has 0 bridgehead atoms. The molecule has 3 rings (SSSR count). The molecule has 1 aliphatic heterocycles. The number of carbonyl (C=O) groups excluding carboxylic acids is 3. The Morgan fingerprint density at radius 1 is 1.25 bits per heavy atom. The number of nitrogens with one attached hydrogen (secondary N) is 2. The number of nitrogens with zero attached hydrogens (tertiary/aromatic N) is 1. The van der Waals surface area contributed by atoms with Crippen LogP contribution in [0.4, 0.5) is 11.4 Å². The molecule has 0 aromatic heterocycles. The Hall–Kier alpha value is -2.45. The maximum absolute atomic E-state index is 12.2. The Labute approximate surface area is 139 Å². The standard InChI is InChI=1S/C16H20N4O4/c17-15(22)14(18-10-1-2-10)16(23)19-11-3-5-12(6-4-11)20-7-8-24-9-13(20)21/h3-6,10,14,18H,1-2,7-9H2,(H2,17,22)(H,19,23)/t14-/m0/s1. The molecular weight excluding hydrogens is 312 g/mol. The summed E-state index contributed by atoms with van der Waals surface area (Å²) >= 11 is 0. The normalized spacial score (nSPS) is 19.0. The van der Waals surface area contributed by atoms with E-state index >= 15 is 0 Å². The Morgan fingerprint density at radius 3 is 2.54 bits per heavy atom. The van der Waals surface area contributed by atoms with Crippen molar-refractivity contribution in [1.82, 2.24) is 5.32 Å². The number of ether oxygens (including phenoxy) is 1. The van der Waals surface area contributed by atoms with Crippen LogP contribution in [0.25, 0.3) is 0 Å².